The summed E-state index contributed by atoms with van der Waals surface area (Å²) in [6, 6.07) is 7.48. The molecule has 0 fully saturated rings. The summed E-state index contributed by atoms with van der Waals surface area (Å²) >= 11 is 13.0. The number of carboxylic acid groups (broad SMARTS) is 1. The van der Waals surface area contributed by atoms with E-state index in [1.807, 2.05) is 19.1 Å². The monoisotopic (exact) mass is 544 g/mol. The van der Waals surface area contributed by atoms with E-state index in [1.54, 1.807) is 29.4 Å². The zero-order valence-corrected chi connectivity index (χ0v) is 21.5. The average Bonchev–Trinajstić information content (AvgIpc) is 3.35. The summed E-state index contributed by atoms with van der Waals surface area (Å²) < 4.78 is 5.41. The van der Waals surface area contributed by atoms with E-state index in [9.17, 15) is 19.5 Å². The molecule has 1 atom stereocenters. The summed E-state index contributed by atoms with van der Waals surface area (Å²) in [5, 5.41) is 15.9. The lowest BCUT2D eigenvalue weighted by Gasteiger charge is -2.30. The van der Waals surface area contributed by atoms with Crippen LogP contribution in [-0.2, 0) is 17.8 Å². The van der Waals surface area contributed by atoms with Crippen molar-refractivity contribution in [3.05, 3.63) is 80.8 Å². The molecule has 2 amide bonds. The minimum Gasteiger partial charge on any atom is -0.480 e. The van der Waals surface area contributed by atoms with Crippen LogP contribution in [0.1, 0.15) is 45.2 Å². The van der Waals surface area contributed by atoms with E-state index in [4.69, 9.17) is 33.4 Å². The Balaban J connectivity index is 1.51. The maximum absolute atomic E-state index is 13.1. The van der Waals surface area contributed by atoms with Gasteiger partial charge in [0.1, 0.15) is 11.6 Å². The van der Waals surface area contributed by atoms with Crippen molar-refractivity contribution in [1.29, 1.82) is 0 Å². The highest BCUT2D eigenvalue weighted by atomic mass is 35.5. The number of nitrogens with zero attached hydrogens (tertiary/aromatic N) is 1. The summed E-state index contributed by atoms with van der Waals surface area (Å²) in [5.41, 5.74) is 8.81. The van der Waals surface area contributed by atoms with Crippen LogP contribution < -0.4 is 16.4 Å². The molecule has 0 saturated heterocycles. The molecule has 5 N–H and O–H groups in total. The quantitative estimate of drug-likeness (QED) is 0.337. The highest BCUT2D eigenvalue weighted by Crippen LogP contribution is 2.35. The highest BCUT2D eigenvalue weighted by molar-refractivity contribution is 6.40. The number of hydrogen-bond donors (Lipinski definition) is 4. The number of carbonyl (C=O) groups excluding carboxylic acids is 2. The number of fused-ring (bicyclic) bond motifs is 2. The number of furan rings is 1. The fourth-order valence-corrected chi connectivity index (χ4v) is 4.91. The minimum absolute atomic E-state index is 0.00000465. The van der Waals surface area contributed by atoms with Crippen LogP contribution in [0.3, 0.4) is 0 Å². The fraction of sp³-hybridized carbons (Fsp3) is 0.269. The third-order valence-corrected chi connectivity index (χ3v) is 6.96. The van der Waals surface area contributed by atoms with Gasteiger partial charge in [-0.3, -0.25) is 9.59 Å². The third kappa shape index (κ3) is 5.68. The zero-order valence-electron chi connectivity index (χ0n) is 20.0. The molecule has 3 aromatic rings. The van der Waals surface area contributed by atoms with Crippen molar-refractivity contribution in [3.63, 3.8) is 0 Å². The first-order valence-electron chi connectivity index (χ1n) is 11.7. The zero-order chi connectivity index (χ0) is 26.7. The molecule has 1 aromatic heterocycles. The second kappa shape index (κ2) is 11.1. The average molecular weight is 545 g/mol. The Kier molecular flexibility index (Phi) is 7.94. The van der Waals surface area contributed by atoms with E-state index in [-0.39, 0.29) is 34.6 Å². The van der Waals surface area contributed by atoms with E-state index >= 15 is 0 Å². The van der Waals surface area contributed by atoms with E-state index in [0.29, 0.717) is 41.8 Å². The highest BCUT2D eigenvalue weighted by Gasteiger charge is 2.29. The van der Waals surface area contributed by atoms with Gasteiger partial charge in [-0.1, -0.05) is 36.2 Å². The van der Waals surface area contributed by atoms with Crippen molar-refractivity contribution in [2.75, 3.05) is 13.1 Å². The molecule has 0 saturated carbocycles. The number of carboxylic acids is 1. The number of aliphatic carboxylic acids is 1. The normalized spacial score (nSPS) is 14.2. The fourth-order valence-electron chi connectivity index (χ4n) is 4.14. The molecular weight excluding hydrogens is 519 g/mol. The second-order valence-corrected chi connectivity index (χ2v) is 9.47. The van der Waals surface area contributed by atoms with Gasteiger partial charge in [-0.15, -0.1) is 0 Å². The molecule has 4 rings (SSSR count). The van der Waals surface area contributed by atoms with Crippen LogP contribution in [0.5, 0.6) is 0 Å². The molecule has 0 aliphatic carbocycles. The Hall–Kier alpha value is -3.69. The molecule has 2 heterocycles. The number of nitrogens with one attached hydrogen (secondary N) is 2. The maximum atomic E-state index is 13.1. The summed E-state index contributed by atoms with van der Waals surface area (Å²) in [7, 11) is 0. The number of amides is 2. The number of rotatable bonds is 8. The van der Waals surface area contributed by atoms with Gasteiger partial charge < -0.3 is 30.8 Å². The number of hydrogen-bond acceptors (Lipinski definition) is 6. The molecule has 9 nitrogen and oxygen atoms in total. The van der Waals surface area contributed by atoms with Crippen molar-refractivity contribution < 1.29 is 23.9 Å². The number of nitrogens with two attached hydrogens (primary N) is 1. The first-order valence-corrected chi connectivity index (χ1v) is 12.4. The van der Waals surface area contributed by atoms with E-state index in [2.05, 4.69) is 10.6 Å². The van der Waals surface area contributed by atoms with Gasteiger partial charge in [0, 0.05) is 42.5 Å². The standard InChI is InChI=1S/C26H26Cl2N4O5/c1-2-17(29)11-30-12-20(26(35)36)31-24(33)22-19(27)9-16-13-32(7-5-18(16)23(22)28)25(34)15-4-3-14-6-8-37-21(14)10-15/h3-4,6,8-11,20,30H,2,5,7,12-13,29H2,1H3,(H,31,33)(H,35,36)/b17-11-/t20-/m0/s1. The molecule has 1 aliphatic heterocycles. The molecule has 37 heavy (non-hydrogen) atoms. The predicted molar refractivity (Wildman–Crippen MR) is 141 cm³/mol. The lowest BCUT2D eigenvalue weighted by molar-refractivity contribution is -0.139. The van der Waals surface area contributed by atoms with Gasteiger partial charge in [-0.2, -0.15) is 0 Å². The molecule has 0 unspecified atom stereocenters. The van der Waals surface area contributed by atoms with Crippen molar-refractivity contribution in [2.24, 2.45) is 5.73 Å². The number of benzene rings is 2. The lowest BCUT2D eigenvalue weighted by atomic mass is 9.96. The first-order chi connectivity index (χ1) is 17.7. The predicted octanol–water partition coefficient (Wildman–Crippen LogP) is 3.92. The van der Waals surface area contributed by atoms with Crippen LogP contribution in [0.25, 0.3) is 11.0 Å². The van der Waals surface area contributed by atoms with Crippen molar-refractivity contribution >= 4 is 52.0 Å². The van der Waals surface area contributed by atoms with Crippen LogP contribution in [0, 0.1) is 0 Å². The van der Waals surface area contributed by atoms with Gasteiger partial charge in [0.15, 0.2) is 0 Å². The van der Waals surface area contributed by atoms with E-state index in [1.165, 1.54) is 6.20 Å². The van der Waals surface area contributed by atoms with Crippen LogP contribution >= 0.6 is 23.2 Å². The van der Waals surface area contributed by atoms with Crippen molar-refractivity contribution in [3.8, 4) is 0 Å². The van der Waals surface area contributed by atoms with Gasteiger partial charge >= 0.3 is 5.97 Å². The number of carbonyl (C=O) groups is 3. The van der Waals surface area contributed by atoms with Gasteiger partial charge in [0.25, 0.3) is 11.8 Å². The smallest absolute Gasteiger partial charge is 0.328 e. The Labute approximate surface area is 223 Å². The van der Waals surface area contributed by atoms with Gasteiger partial charge in [0.05, 0.1) is 21.9 Å². The van der Waals surface area contributed by atoms with E-state index < -0.39 is 17.9 Å². The van der Waals surface area contributed by atoms with E-state index in [0.717, 1.165) is 10.9 Å². The molecule has 2 aromatic carbocycles. The lowest BCUT2D eigenvalue weighted by Crippen LogP contribution is -2.46. The molecule has 0 radical (unpaired) electrons. The molecular formula is C26H26Cl2N4O5. The third-order valence-electron chi connectivity index (χ3n) is 6.24. The summed E-state index contributed by atoms with van der Waals surface area (Å²) in [6.07, 6.45) is 4.08. The number of allylic oxidation sites excluding steroid dienone is 1. The van der Waals surface area contributed by atoms with Gasteiger partial charge in [-0.05, 0) is 48.2 Å². The SMILES string of the molecule is CC/C(N)=C/NC[C@H](NC(=O)c1c(Cl)cc2c(c1Cl)CCN(C(=O)c1ccc3ccoc3c1)C2)C(=O)O. The Morgan fingerprint density at radius 2 is 2.03 bits per heavy atom. The first kappa shape index (κ1) is 26.4. The van der Waals surface area contributed by atoms with Crippen LogP contribution in [0.2, 0.25) is 10.0 Å². The topological polar surface area (TPSA) is 138 Å². The summed E-state index contributed by atoms with van der Waals surface area (Å²) in [6.45, 7) is 2.43. The summed E-state index contributed by atoms with van der Waals surface area (Å²) in [4.78, 5) is 39.5. The van der Waals surface area contributed by atoms with Crippen molar-refractivity contribution in [2.45, 2.75) is 32.4 Å². The van der Waals surface area contributed by atoms with Gasteiger partial charge in [0.2, 0.25) is 0 Å². The summed E-state index contributed by atoms with van der Waals surface area (Å²) in [5.74, 6) is -2.09. The largest absolute Gasteiger partial charge is 0.480 e. The van der Waals surface area contributed by atoms with Crippen LogP contribution in [-0.4, -0.2) is 46.9 Å². The molecule has 0 spiro atoms. The molecule has 0 bridgehead atoms. The number of halogens is 2. The minimum atomic E-state index is -1.24. The Morgan fingerprint density at radius 1 is 1.24 bits per heavy atom. The Bertz CT molecular complexity index is 1400. The molecule has 194 valence electrons. The molecule has 11 heteroatoms. The van der Waals surface area contributed by atoms with Gasteiger partial charge in [-0.25, -0.2) is 4.79 Å². The van der Waals surface area contributed by atoms with Crippen LogP contribution in [0.4, 0.5) is 0 Å². The Morgan fingerprint density at radius 3 is 2.76 bits per heavy atom. The van der Waals surface area contributed by atoms with Crippen molar-refractivity contribution in [1.82, 2.24) is 15.5 Å². The van der Waals surface area contributed by atoms with Crippen LogP contribution in [0.15, 0.2) is 52.9 Å². The maximum Gasteiger partial charge on any atom is 0.328 e. The molecule has 1 aliphatic rings. The second-order valence-electron chi connectivity index (χ2n) is 8.68.